The second-order valence-electron chi connectivity index (χ2n) is 5.23. The Kier molecular flexibility index (Phi) is 5.00. The standard InChI is InChI=1S/C15H25N3/c1-3-10-16-15(14-11-18(2)12-17-14)13-8-6-4-5-7-9-13/h8,11-12,15-16H,3-7,9-10H2,1-2H3. The molecule has 2 rings (SSSR count). The van der Waals surface area contributed by atoms with Crippen LogP contribution in [0.2, 0.25) is 0 Å². The summed E-state index contributed by atoms with van der Waals surface area (Å²) in [5, 5.41) is 3.65. The molecule has 0 bridgehead atoms. The zero-order valence-electron chi connectivity index (χ0n) is 11.7. The highest BCUT2D eigenvalue weighted by molar-refractivity contribution is 5.21. The van der Waals surface area contributed by atoms with E-state index in [4.69, 9.17) is 0 Å². The molecule has 0 saturated carbocycles. The third-order valence-corrected chi connectivity index (χ3v) is 3.57. The lowest BCUT2D eigenvalue weighted by Crippen LogP contribution is -2.24. The van der Waals surface area contributed by atoms with Crippen molar-refractivity contribution >= 4 is 0 Å². The zero-order valence-corrected chi connectivity index (χ0v) is 11.7. The quantitative estimate of drug-likeness (QED) is 0.809. The third kappa shape index (κ3) is 3.45. The van der Waals surface area contributed by atoms with Gasteiger partial charge in [0, 0.05) is 13.2 Å². The average molecular weight is 247 g/mol. The number of nitrogens with zero attached hydrogens (tertiary/aromatic N) is 2. The number of imidazole rings is 1. The minimum Gasteiger partial charge on any atom is -0.340 e. The summed E-state index contributed by atoms with van der Waals surface area (Å²) in [6.45, 7) is 3.27. The summed E-state index contributed by atoms with van der Waals surface area (Å²) in [6, 6.07) is 0.323. The van der Waals surface area contributed by atoms with Crippen LogP contribution < -0.4 is 5.32 Å². The highest BCUT2D eigenvalue weighted by Gasteiger charge is 2.18. The minimum atomic E-state index is 0.323. The van der Waals surface area contributed by atoms with Gasteiger partial charge in [0.1, 0.15) is 0 Å². The van der Waals surface area contributed by atoms with Gasteiger partial charge in [0.15, 0.2) is 0 Å². The van der Waals surface area contributed by atoms with E-state index in [2.05, 4.69) is 29.5 Å². The van der Waals surface area contributed by atoms with Crippen molar-refractivity contribution in [3.05, 3.63) is 29.9 Å². The second-order valence-corrected chi connectivity index (χ2v) is 5.23. The lowest BCUT2D eigenvalue weighted by atomic mass is 9.99. The van der Waals surface area contributed by atoms with Crippen LogP contribution in [0, 0.1) is 0 Å². The molecule has 1 aliphatic rings. The van der Waals surface area contributed by atoms with E-state index in [0.29, 0.717) is 6.04 Å². The maximum Gasteiger partial charge on any atom is 0.0947 e. The fraction of sp³-hybridized carbons (Fsp3) is 0.667. The molecule has 0 saturated heterocycles. The van der Waals surface area contributed by atoms with Crippen LogP contribution in [0.3, 0.4) is 0 Å². The Labute approximate surface area is 110 Å². The molecule has 1 heterocycles. The van der Waals surface area contributed by atoms with Gasteiger partial charge in [0.25, 0.3) is 0 Å². The van der Waals surface area contributed by atoms with Gasteiger partial charge in [0.05, 0.1) is 18.1 Å². The molecule has 1 unspecified atom stereocenters. The van der Waals surface area contributed by atoms with E-state index < -0.39 is 0 Å². The van der Waals surface area contributed by atoms with Gasteiger partial charge in [-0.2, -0.15) is 0 Å². The van der Waals surface area contributed by atoms with Gasteiger partial charge < -0.3 is 9.88 Å². The van der Waals surface area contributed by atoms with Gasteiger partial charge in [-0.3, -0.25) is 0 Å². The van der Waals surface area contributed by atoms with Crippen LogP contribution >= 0.6 is 0 Å². The average Bonchev–Trinajstić information content (AvgIpc) is 2.65. The molecule has 0 amide bonds. The molecular formula is C15H25N3. The molecule has 18 heavy (non-hydrogen) atoms. The van der Waals surface area contributed by atoms with E-state index in [1.54, 1.807) is 5.57 Å². The highest BCUT2D eigenvalue weighted by atomic mass is 15.0. The van der Waals surface area contributed by atoms with E-state index in [-0.39, 0.29) is 0 Å². The highest BCUT2D eigenvalue weighted by Crippen LogP contribution is 2.28. The van der Waals surface area contributed by atoms with Crippen molar-refractivity contribution in [1.82, 2.24) is 14.9 Å². The van der Waals surface area contributed by atoms with Gasteiger partial charge in [-0.15, -0.1) is 0 Å². The zero-order chi connectivity index (χ0) is 12.8. The molecule has 1 aromatic heterocycles. The lowest BCUT2D eigenvalue weighted by Gasteiger charge is -2.19. The molecule has 0 fully saturated rings. The van der Waals surface area contributed by atoms with E-state index in [9.17, 15) is 0 Å². The summed E-state index contributed by atoms with van der Waals surface area (Å²) < 4.78 is 2.03. The number of aromatic nitrogens is 2. The molecule has 1 N–H and O–H groups in total. The van der Waals surface area contributed by atoms with Crippen LogP contribution in [0.25, 0.3) is 0 Å². The molecule has 0 radical (unpaired) electrons. The Morgan fingerprint density at radius 2 is 2.28 bits per heavy atom. The lowest BCUT2D eigenvalue weighted by molar-refractivity contribution is 0.557. The van der Waals surface area contributed by atoms with E-state index in [0.717, 1.165) is 13.0 Å². The number of nitrogens with one attached hydrogen (secondary N) is 1. The third-order valence-electron chi connectivity index (χ3n) is 3.57. The fourth-order valence-corrected chi connectivity index (χ4v) is 2.60. The second kappa shape index (κ2) is 6.74. The van der Waals surface area contributed by atoms with Gasteiger partial charge in [-0.25, -0.2) is 4.98 Å². The van der Waals surface area contributed by atoms with Crippen LogP contribution in [0.5, 0.6) is 0 Å². The molecular weight excluding hydrogens is 222 g/mol. The Morgan fingerprint density at radius 1 is 1.39 bits per heavy atom. The maximum atomic E-state index is 4.53. The smallest absolute Gasteiger partial charge is 0.0947 e. The van der Waals surface area contributed by atoms with Crippen LogP contribution in [0.15, 0.2) is 24.2 Å². The molecule has 0 spiro atoms. The largest absolute Gasteiger partial charge is 0.340 e. The van der Waals surface area contributed by atoms with E-state index >= 15 is 0 Å². The van der Waals surface area contributed by atoms with Gasteiger partial charge in [0.2, 0.25) is 0 Å². The predicted octanol–water partition coefficient (Wildman–Crippen LogP) is 3.35. The molecule has 1 atom stereocenters. The first kappa shape index (κ1) is 13.3. The normalized spacial score (nSPS) is 18.2. The number of hydrogen-bond donors (Lipinski definition) is 1. The van der Waals surface area contributed by atoms with Crippen LogP contribution in [0.4, 0.5) is 0 Å². The predicted molar refractivity (Wildman–Crippen MR) is 75.4 cm³/mol. The van der Waals surface area contributed by atoms with Crippen LogP contribution in [0.1, 0.15) is 57.2 Å². The molecule has 3 heteroatoms. The molecule has 3 nitrogen and oxygen atoms in total. The molecule has 0 aliphatic heterocycles. The minimum absolute atomic E-state index is 0.323. The summed E-state index contributed by atoms with van der Waals surface area (Å²) in [5.74, 6) is 0. The van der Waals surface area contributed by atoms with Crippen molar-refractivity contribution in [1.29, 1.82) is 0 Å². The van der Waals surface area contributed by atoms with Gasteiger partial charge in [-0.1, -0.05) is 25.0 Å². The Morgan fingerprint density at radius 3 is 3.00 bits per heavy atom. The molecule has 100 valence electrons. The van der Waals surface area contributed by atoms with Gasteiger partial charge in [-0.05, 0) is 38.6 Å². The first-order valence-electron chi connectivity index (χ1n) is 7.21. The van der Waals surface area contributed by atoms with Gasteiger partial charge >= 0.3 is 0 Å². The van der Waals surface area contributed by atoms with Crippen molar-refractivity contribution in [2.45, 2.75) is 51.5 Å². The van der Waals surface area contributed by atoms with E-state index in [1.807, 2.05) is 17.9 Å². The summed E-state index contributed by atoms with van der Waals surface area (Å²) in [7, 11) is 2.04. The summed E-state index contributed by atoms with van der Waals surface area (Å²) >= 11 is 0. The summed E-state index contributed by atoms with van der Waals surface area (Å²) in [6.07, 6.45) is 14.1. The first-order chi connectivity index (χ1) is 8.81. The van der Waals surface area contributed by atoms with Crippen molar-refractivity contribution in [2.75, 3.05) is 6.54 Å². The van der Waals surface area contributed by atoms with Crippen molar-refractivity contribution in [3.63, 3.8) is 0 Å². The summed E-state index contributed by atoms with van der Waals surface area (Å²) in [5.41, 5.74) is 2.71. The fourth-order valence-electron chi connectivity index (χ4n) is 2.60. The van der Waals surface area contributed by atoms with E-state index in [1.165, 1.54) is 37.8 Å². The number of aryl methyl sites for hydroxylation is 1. The number of rotatable bonds is 5. The SMILES string of the molecule is CCCNC(C1=CCCCCC1)c1cn(C)cn1. The molecule has 1 aromatic rings. The molecule has 1 aliphatic carbocycles. The maximum absolute atomic E-state index is 4.53. The Balaban J connectivity index is 2.15. The number of allylic oxidation sites excluding steroid dienone is 1. The van der Waals surface area contributed by atoms with Crippen LogP contribution in [-0.4, -0.2) is 16.1 Å². The Hall–Kier alpha value is -1.09. The van der Waals surface area contributed by atoms with Crippen molar-refractivity contribution < 1.29 is 0 Å². The molecule has 0 aromatic carbocycles. The van der Waals surface area contributed by atoms with Crippen LogP contribution in [-0.2, 0) is 7.05 Å². The Bertz CT molecular complexity index is 392. The monoisotopic (exact) mass is 247 g/mol. The first-order valence-corrected chi connectivity index (χ1v) is 7.21. The number of hydrogen-bond acceptors (Lipinski definition) is 2. The topological polar surface area (TPSA) is 29.9 Å². The summed E-state index contributed by atoms with van der Waals surface area (Å²) in [4.78, 5) is 4.53. The van der Waals surface area contributed by atoms with Crippen molar-refractivity contribution in [3.8, 4) is 0 Å². The van der Waals surface area contributed by atoms with Crippen molar-refractivity contribution in [2.24, 2.45) is 7.05 Å².